The summed E-state index contributed by atoms with van der Waals surface area (Å²) >= 11 is 1.28. The quantitative estimate of drug-likeness (QED) is 0.870. The molecule has 2 N–H and O–H groups in total. The summed E-state index contributed by atoms with van der Waals surface area (Å²) in [5, 5.41) is 13.6. The topological polar surface area (TPSA) is 79.3 Å². The number of anilines is 1. The molecule has 2 aliphatic carbocycles. The second-order valence-corrected chi connectivity index (χ2v) is 5.99. The second-order valence-electron chi connectivity index (χ2n) is 5.13. The molecule has 2 aliphatic rings. The zero-order valence-corrected chi connectivity index (χ0v) is 10.6. The van der Waals surface area contributed by atoms with Gasteiger partial charge in [-0.25, -0.2) is 4.98 Å². The summed E-state index contributed by atoms with van der Waals surface area (Å²) < 4.78 is 0. The van der Waals surface area contributed by atoms with Crippen LogP contribution in [-0.4, -0.2) is 22.0 Å². The number of nitrogens with zero attached hydrogens (tertiary/aromatic N) is 1. The summed E-state index contributed by atoms with van der Waals surface area (Å²) in [5.74, 6) is 0.812. The van der Waals surface area contributed by atoms with Gasteiger partial charge in [-0.05, 0) is 31.1 Å². The highest BCUT2D eigenvalue weighted by atomic mass is 32.1. The molecule has 2 saturated carbocycles. The summed E-state index contributed by atoms with van der Waals surface area (Å²) in [7, 11) is 0. The third kappa shape index (κ3) is 2.38. The van der Waals surface area contributed by atoms with Crippen LogP contribution in [0, 0.1) is 17.8 Å². The molecule has 2 atom stereocenters. The van der Waals surface area contributed by atoms with E-state index < -0.39 is 5.97 Å². The largest absolute Gasteiger partial charge is 0.481 e. The van der Waals surface area contributed by atoms with Crippen LogP contribution in [0.3, 0.4) is 0 Å². The van der Waals surface area contributed by atoms with Gasteiger partial charge in [0.05, 0.1) is 12.1 Å². The van der Waals surface area contributed by atoms with E-state index in [0.29, 0.717) is 10.8 Å². The number of thiazole rings is 1. The fourth-order valence-electron chi connectivity index (χ4n) is 2.74. The number of aromatic nitrogens is 1. The molecule has 1 amide bonds. The minimum atomic E-state index is -0.908. The molecule has 0 aliphatic heterocycles. The molecule has 6 heteroatoms. The van der Waals surface area contributed by atoms with Gasteiger partial charge in [-0.2, -0.15) is 0 Å². The van der Waals surface area contributed by atoms with Gasteiger partial charge in [-0.1, -0.05) is 0 Å². The van der Waals surface area contributed by atoms with Crippen molar-refractivity contribution in [1.29, 1.82) is 0 Å². The Balaban J connectivity index is 1.56. The summed E-state index contributed by atoms with van der Waals surface area (Å²) in [6, 6.07) is 0. The minimum absolute atomic E-state index is 0.0402. The fraction of sp³-hybridized carbons (Fsp3) is 0.583. The van der Waals surface area contributed by atoms with Crippen molar-refractivity contribution in [3.8, 4) is 0 Å². The Morgan fingerprint density at radius 1 is 1.39 bits per heavy atom. The van der Waals surface area contributed by atoms with Crippen LogP contribution in [0.2, 0.25) is 0 Å². The van der Waals surface area contributed by atoms with E-state index in [1.165, 1.54) is 17.8 Å². The van der Waals surface area contributed by atoms with Crippen molar-refractivity contribution >= 4 is 28.3 Å². The lowest BCUT2D eigenvalue weighted by molar-refractivity contribution is -0.136. The average molecular weight is 266 g/mol. The first-order valence-corrected chi connectivity index (χ1v) is 6.97. The Morgan fingerprint density at radius 3 is 2.78 bits per heavy atom. The number of carboxylic acids is 1. The Bertz CT molecular complexity index is 489. The molecule has 0 spiro atoms. The number of carbonyl (C=O) groups excluding carboxylic acids is 1. The van der Waals surface area contributed by atoms with E-state index in [0.717, 1.165) is 24.7 Å². The second kappa shape index (κ2) is 4.35. The third-order valence-corrected chi connectivity index (χ3v) is 4.54. The molecule has 0 saturated heterocycles. The van der Waals surface area contributed by atoms with Crippen molar-refractivity contribution in [2.24, 2.45) is 17.8 Å². The van der Waals surface area contributed by atoms with E-state index in [1.54, 1.807) is 5.38 Å². The van der Waals surface area contributed by atoms with E-state index in [1.807, 2.05) is 0 Å². The lowest BCUT2D eigenvalue weighted by atomic mass is 10.0. The van der Waals surface area contributed by atoms with E-state index in [4.69, 9.17) is 5.11 Å². The number of hydrogen-bond donors (Lipinski definition) is 2. The zero-order chi connectivity index (χ0) is 12.7. The first-order chi connectivity index (χ1) is 8.61. The molecule has 0 bridgehead atoms. The zero-order valence-electron chi connectivity index (χ0n) is 9.76. The van der Waals surface area contributed by atoms with Gasteiger partial charge in [0.1, 0.15) is 0 Å². The molecule has 2 unspecified atom stereocenters. The number of carboxylic acid groups (broad SMARTS) is 1. The van der Waals surface area contributed by atoms with Crippen molar-refractivity contribution in [1.82, 2.24) is 4.98 Å². The Hall–Kier alpha value is -1.43. The van der Waals surface area contributed by atoms with Gasteiger partial charge < -0.3 is 10.4 Å². The molecular formula is C12H14N2O3S. The Labute approximate surface area is 108 Å². The van der Waals surface area contributed by atoms with Gasteiger partial charge in [-0.3, -0.25) is 9.59 Å². The first-order valence-electron chi connectivity index (χ1n) is 6.09. The van der Waals surface area contributed by atoms with Gasteiger partial charge in [0.15, 0.2) is 5.13 Å². The maximum Gasteiger partial charge on any atom is 0.309 e. The van der Waals surface area contributed by atoms with Gasteiger partial charge in [0.25, 0.3) is 0 Å². The SMILES string of the molecule is O=C(O)Cc1csc(NC(=O)C2CC3CC3C2)n1. The lowest BCUT2D eigenvalue weighted by Gasteiger charge is -2.09. The maximum atomic E-state index is 12.0. The van der Waals surface area contributed by atoms with Crippen LogP contribution in [0.25, 0.3) is 0 Å². The van der Waals surface area contributed by atoms with Gasteiger partial charge >= 0.3 is 5.97 Å². The highest BCUT2D eigenvalue weighted by Gasteiger charge is 2.48. The molecule has 18 heavy (non-hydrogen) atoms. The van der Waals surface area contributed by atoms with Gasteiger partial charge in [-0.15, -0.1) is 11.3 Å². The van der Waals surface area contributed by atoms with Crippen molar-refractivity contribution in [2.75, 3.05) is 5.32 Å². The molecular weight excluding hydrogens is 252 g/mol. The predicted octanol–water partition coefficient (Wildman–Crippen LogP) is 1.75. The molecule has 2 fully saturated rings. The van der Waals surface area contributed by atoms with Crippen LogP contribution in [0.1, 0.15) is 25.0 Å². The monoisotopic (exact) mass is 266 g/mol. The van der Waals surface area contributed by atoms with Crippen LogP contribution in [0.4, 0.5) is 5.13 Å². The molecule has 1 heterocycles. The molecule has 0 aromatic carbocycles. The summed E-state index contributed by atoms with van der Waals surface area (Å²) in [6.45, 7) is 0. The summed E-state index contributed by atoms with van der Waals surface area (Å²) in [5.41, 5.74) is 0.497. The number of rotatable bonds is 4. The highest BCUT2D eigenvalue weighted by Crippen LogP contribution is 2.54. The maximum absolute atomic E-state index is 12.0. The van der Waals surface area contributed by atoms with Crippen molar-refractivity contribution in [3.63, 3.8) is 0 Å². The number of amides is 1. The van der Waals surface area contributed by atoms with Crippen LogP contribution in [0.15, 0.2) is 5.38 Å². The fourth-order valence-corrected chi connectivity index (χ4v) is 3.45. The molecule has 0 radical (unpaired) electrons. The van der Waals surface area contributed by atoms with Crippen molar-refractivity contribution < 1.29 is 14.7 Å². The van der Waals surface area contributed by atoms with Crippen LogP contribution in [0.5, 0.6) is 0 Å². The normalized spacial score (nSPS) is 28.8. The first kappa shape index (κ1) is 11.6. The number of hydrogen-bond acceptors (Lipinski definition) is 4. The van der Waals surface area contributed by atoms with Gasteiger partial charge in [0.2, 0.25) is 5.91 Å². The highest BCUT2D eigenvalue weighted by molar-refractivity contribution is 7.13. The Kier molecular flexibility index (Phi) is 2.81. The van der Waals surface area contributed by atoms with E-state index in [-0.39, 0.29) is 18.2 Å². The van der Waals surface area contributed by atoms with Crippen molar-refractivity contribution in [2.45, 2.75) is 25.7 Å². The molecule has 1 aromatic rings. The number of nitrogens with one attached hydrogen (secondary N) is 1. The number of aliphatic carboxylic acids is 1. The smallest absolute Gasteiger partial charge is 0.309 e. The van der Waals surface area contributed by atoms with Gasteiger partial charge in [0, 0.05) is 11.3 Å². The Morgan fingerprint density at radius 2 is 2.11 bits per heavy atom. The molecule has 3 rings (SSSR count). The van der Waals surface area contributed by atoms with E-state index in [9.17, 15) is 9.59 Å². The molecule has 5 nitrogen and oxygen atoms in total. The number of fused-ring (bicyclic) bond motifs is 1. The molecule has 96 valence electrons. The summed E-state index contributed by atoms with van der Waals surface area (Å²) in [6.07, 6.45) is 3.21. The lowest BCUT2D eigenvalue weighted by Crippen LogP contribution is -2.21. The standard InChI is InChI=1S/C12H14N2O3S/c15-10(16)4-9-5-18-12(13-9)14-11(17)8-2-6-1-7(6)3-8/h5-8H,1-4H2,(H,15,16)(H,13,14,17). The predicted molar refractivity (Wildman–Crippen MR) is 66.4 cm³/mol. The van der Waals surface area contributed by atoms with Crippen molar-refractivity contribution in [3.05, 3.63) is 11.1 Å². The summed E-state index contributed by atoms with van der Waals surface area (Å²) in [4.78, 5) is 26.6. The van der Waals surface area contributed by atoms with E-state index >= 15 is 0 Å². The van der Waals surface area contributed by atoms with Crippen LogP contribution >= 0.6 is 11.3 Å². The minimum Gasteiger partial charge on any atom is -0.481 e. The molecule has 1 aromatic heterocycles. The van der Waals surface area contributed by atoms with Crippen LogP contribution in [-0.2, 0) is 16.0 Å². The average Bonchev–Trinajstić information content (AvgIpc) is 2.73. The van der Waals surface area contributed by atoms with E-state index in [2.05, 4.69) is 10.3 Å². The third-order valence-electron chi connectivity index (χ3n) is 3.73. The van der Waals surface area contributed by atoms with Crippen LogP contribution < -0.4 is 5.32 Å². The number of carbonyl (C=O) groups is 2.